The van der Waals surface area contributed by atoms with E-state index in [1.807, 2.05) is 0 Å². The minimum atomic E-state index is -1.42. The number of nitrogens with zero attached hydrogens (tertiary/aromatic N) is 2. The van der Waals surface area contributed by atoms with Gasteiger partial charge in [0.15, 0.2) is 0 Å². The third kappa shape index (κ3) is 4.21. The Kier molecular flexibility index (Phi) is 5.42. The van der Waals surface area contributed by atoms with E-state index in [0.717, 1.165) is 31.9 Å². The molecule has 1 unspecified atom stereocenters. The second kappa shape index (κ2) is 7.08. The molecule has 1 saturated heterocycles. The summed E-state index contributed by atoms with van der Waals surface area (Å²) in [7, 11) is 0.742. The van der Waals surface area contributed by atoms with E-state index >= 15 is 0 Å². The molecule has 0 aliphatic carbocycles. The lowest BCUT2D eigenvalue weighted by molar-refractivity contribution is 0.0928. The number of ether oxygens (including phenoxy) is 1. The number of likely N-dealkylation sites (N-methyl/N-ethyl adjacent to an activating group) is 1. The molecule has 5 nitrogen and oxygen atoms in total. The SMILES string of the molecule is CC1CN(CCOc2ccc(B(O)O)cc2)CCN1C. The maximum atomic E-state index is 9.01. The molecule has 6 heteroatoms. The minimum Gasteiger partial charge on any atom is -0.492 e. The van der Waals surface area contributed by atoms with Gasteiger partial charge >= 0.3 is 7.12 Å². The van der Waals surface area contributed by atoms with E-state index in [1.54, 1.807) is 24.3 Å². The van der Waals surface area contributed by atoms with Gasteiger partial charge < -0.3 is 19.7 Å². The average Bonchev–Trinajstić information content (AvgIpc) is 2.43. The van der Waals surface area contributed by atoms with E-state index in [0.29, 0.717) is 18.1 Å². The van der Waals surface area contributed by atoms with Gasteiger partial charge in [0.05, 0.1) is 0 Å². The average molecular weight is 278 g/mol. The highest BCUT2D eigenvalue weighted by Gasteiger charge is 2.20. The molecular formula is C14H23BN2O3. The normalized spacial score (nSPS) is 20.9. The Labute approximate surface area is 120 Å². The van der Waals surface area contributed by atoms with Crippen molar-refractivity contribution in [1.29, 1.82) is 0 Å². The van der Waals surface area contributed by atoms with Crippen molar-refractivity contribution in [2.24, 2.45) is 0 Å². The van der Waals surface area contributed by atoms with E-state index < -0.39 is 7.12 Å². The summed E-state index contributed by atoms with van der Waals surface area (Å²) in [5.41, 5.74) is 0.477. The first kappa shape index (κ1) is 15.3. The smallest absolute Gasteiger partial charge is 0.488 e. The maximum Gasteiger partial charge on any atom is 0.488 e. The predicted octanol–water partition coefficient (Wildman–Crippen LogP) is -0.619. The third-order valence-electron chi connectivity index (χ3n) is 3.90. The molecule has 1 atom stereocenters. The lowest BCUT2D eigenvalue weighted by Gasteiger charge is -2.37. The van der Waals surface area contributed by atoms with Crippen LogP contribution in [0.25, 0.3) is 0 Å². The predicted molar refractivity (Wildman–Crippen MR) is 80.3 cm³/mol. The highest BCUT2D eigenvalue weighted by molar-refractivity contribution is 6.58. The van der Waals surface area contributed by atoms with Crippen LogP contribution < -0.4 is 10.2 Å². The van der Waals surface area contributed by atoms with Gasteiger partial charge in [-0.2, -0.15) is 0 Å². The number of benzene rings is 1. The van der Waals surface area contributed by atoms with Gasteiger partial charge in [-0.3, -0.25) is 4.90 Å². The lowest BCUT2D eigenvalue weighted by Crippen LogP contribution is -2.50. The summed E-state index contributed by atoms with van der Waals surface area (Å²) in [5, 5.41) is 18.0. The molecule has 1 aliphatic rings. The van der Waals surface area contributed by atoms with E-state index in [9.17, 15) is 0 Å². The molecule has 0 amide bonds. The van der Waals surface area contributed by atoms with Gasteiger partial charge in [-0.15, -0.1) is 0 Å². The molecule has 20 heavy (non-hydrogen) atoms. The van der Waals surface area contributed by atoms with Gasteiger partial charge in [0.2, 0.25) is 0 Å². The molecule has 1 fully saturated rings. The monoisotopic (exact) mass is 278 g/mol. The van der Waals surface area contributed by atoms with Crippen molar-refractivity contribution in [1.82, 2.24) is 9.80 Å². The van der Waals surface area contributed by atoms with Crippen molar-refractivity contribution in [3.63, 3.8) is 0 Å². The summed E-state index contributed by atoms with van der Waals surface area (Å²) in [5.74, 6) is 0.761. The molecule has 0 spiro atoms. The minimum absolute atomic E-state index is 0.477. The summed E-state index contributed by atoms with van der Waals surface area (Å²) in [6, 6.07) is 7.45. The zero-order valence-corrected chi connectivity index (χ0v) is 12.2. The van der Waals surface area contributed by atoms with Crippen LogP contribution in [0.4, 0.5) is 0 Å². The Morgan fingerprint density at radius 1 is 1.25 bits per heavy atom. The summed E-state index contributed by atoms with van der Waals surface area (Å²) < 4.78 is 5.69. The second-order valence-electron chi connectivity index (χ2n) is 5.42. The molecule has 0 bridgehead atoms. The topological polar surface area (TPSA) is 56.2 Å². The van der Waals surface area contributed by atoms with E-state index in [4.69, 9.17) is 14.8 Å². The van der Waals surface area contributed by atoms with Crippen LogP contribution in [0.5, 0.6) is 5.75 Å². The molecule has 0 radical (unpaired) electrons. The Hall–Kier alpha value is -1.08. The zero-order chi connectivity index (χ0) is 14.5. The van der Waals surface area contributed by atoms with E-state index in [-0.39, 0.29) is 0 Å². The number of hydrogen-bond acceptors (Lipinski definition) is 5. The van der Waals surface area contributed by atoms with Gasteiger partial charge in [0.25, 0.3) is 0 Å². The maximum absolute atomic E-state index is 9.01. The molecule has 0 aromatic heterocycles. The van der Waals surface area contributed by atoms with Crippen LogP contribution >= 0.6 is 0 Å². The standard InChI is InChI=1S/C14H23BN2O3/c1-12-11-17(8-7-16(12)2)9-10-20-14-5-3-13(4-6-14)15(18)19/h3-6,12,18-19H,7-11H2,1-2H3. The van der Waals surface area contributed by atoms with Crippen molar-refractivity contribution in [2.75, 3.05) is 39.8 Å². The van der Waals surface area contributed by atoms with Crippen LogP contribution in [0, 0.1) is 0 Å². The molecule has 1 aromatic rings. The van der Waals surface area contributed by atoms with Crippen molar-refractivity contribution in [3.05, 3.63) is 24.3 Å². The first-order chi connectivity index (χ1) is 9.56. The van der Waals surface area contributed by atoms with Gasteiger partial charge in [-0.1, -0.05) is 12.1 Å². The molecule has 1 aliphatic heterocycles. The van der Waals surface area contributed by atoms with Gasteiger partial charge in [0, 0.05) is 32.2 Å². The van der Waals surface area contributed by atoms with Crippen LogP contribution in [-0.4, -0.2) is 72.8 Å². The number of rotatable bonds is 5. The Balaban J connectivity index is 1.73. The fourth-order valence-electron chi connectivity index (χ4n) is 2.36. The Morgan fingerprint density at radius 3 is 2.55 bits per heavy atom. The van der Waals surface area contributed by atoms with Crippen LogP contribution in [0.1, 0.15) is 6.92 Å². The lowest BCUT2D eigenvalue weighted by atomic mass is 9.80. The Morgan fingerprint density at radius 2 is 1.95 bits per heavy atom. The van der Waals surface area contributed by atoms with Crippen LogP contribution in [-0.2, 0) is 0 Å². The van der Waals surface area contributed by atoms with Crippen molar-refractivity contribution < 1.29 is 14.8 Å². The van der Waals surface area contributed by atoms with Crippen molar-refractivity contribution in [3.8, 4) is 5.75 Å². The summed E-state index contributed by atoms with van der Waals surface area (Å²) in [6.07, 6.45) is 0. The molecular weight excluding hydrogens is 255 g/mol. The summed E-state index contributed by atoms with van der Waals surface area (Å²) in [6.45, 7) is 7.07. The van der Waals surface area contributed by atoms with Crippen molar-refractivity contribution in [2.45, 2.75) is 13.0 Å². The van der Waals surface area contributed by atoms with E-state index in [2.05, 4.69) is 23.8 Å². The molecule has 2 rings (SSSR count). The molecule has 1 heterocycles. The second-order valence-corrected chi connectivity index (χ2v) is 5.42. The van der Waals surface area contributed by atoms with Gasteiger partial charge in [-0.25, -0.2) is 0 Å². The first-order valence-electron chi connectivity index (χ1n) is 7.08. The van der Waals surface area contributed by atoms with Crippen LogP contribution in [0.3, 0.4) is 0 Å². The van der Waals surface area contributed by atoms with Crippen LogP contribution in [0.15, 0.2) is 24.3 Å². The largest absolute Gasteiger partial charge is 0.492 e. The van der Waals surface area contributed by atoms with Crippen molar-refractivity contribution >= 4 is 12.6 Å². The zero-order valence-electron chi connectivity index (χ0n) is 12.2. The quantitative estimate of drug-likeness (QED) is 0.703. The Bertz CT molecular complexity index is 413. The highest BCUT2D eigenvalue weighted by atomic mass is 16.5. The summed E-state index contributed by atoms with van der Waals surface area (Å²) >= 11 is 0. The third-order valence-corrected chi connectivity index (χ3v) is 3.90. The molecule has 1 aromatic carbocycles. The van der Waals surface area contributed by atoms with E-state index in [1.165, 1.54) is 0 Å². The number of piperazine rings is 1. The fourth-order valence-corrected chi connectivity index (χ4v) is 2.36. The molecule has 2 N–H and O–H groups in total. The fraction of sp³-hybridized carbons (Fsp3) is 0.571. The molecule has 0 saturated carbocycles. The molecule has 110 valence electrons. The number of hydrogen-bond donors (Lipinski definition) is 2. The van der Waals surface area contributed by atoms with Gasteiger partial charge in [0.1, 0.15) is 12.4 Å². The van der Waals surface area contributed by atoms with Gasteiger partial charge in [-0.05, 0) is 31.6 Å². The highest BCUT2D eigenvalue weighted by Crippen LogP contribution is 2.09. The first-order valence-corrected chi connectivity index (χ1v) is 7.08. The summed E-state index contributed by atoms with van der Waals surface area (Å²) in [4.78, 5) is 4.78. The van der Waals surface area contributed by atoms with Crippen LogP contribution in [0.2, 0.25) is 0 Å².